The van der Waals surface area contributed by atoms with Gasteiger partial charge in [0.2, 0.25) is 0 Å². The summed E-state index contributed by atoms with van der Waals surface area (Å²) < 4.78 is 0. The Balaban J connectivity index is 2.59. The molecule has 0 aliphatic carbocycles. The molecule has 1 unspecified atom stereocenters. The summed E-state index contributed by atoms with van der Waals surface area (Å²) in [4.78, 5) is 26.0. The third-order valence-electron chi connectivity index (χ3n) is 2.19. The van der Waals surface area contributed by atoms with E-state index in [2.05, 4.69) is 10.3 Å². The van der Waals surface area contributed by atoms with Crippen molar-refractivity contribution in [2.24, 2.45) is 0 Å². The van der Waals surface area contributed by atoms with E-state index in [-0.39, 0.29) is 18.4 Å². The third kappa shape index (κ3) is 3.68. The first-order valence-electron chi connectivity index (χ1n) is 5.06. The molecule has 86 valence electrons. The second-order valence-corrected chi connectivity index (χ2v) is 3.41. The average molecular weight is 222 g/mol. The van der Waals surface area contributed by atoms with Crippen molar-refractivity contribution in [3.63, 3.8) is 0 Å². The van der Waals surface area contributed by atoms with Gasteiger partial charge in [0.1, 0.15) is 0 Å². The molecule has 1 atom stereocenters. The van der Waals surface area contributed by atoms with Crippen LogP contribution in [-0.2, 0) is 4.79 Å². The number of hydrogen-bond acceptors (Lipinski definition) is 3. The molecule has 5 heteroatoms. The van der Waals surface area contributed by atoms with Crippen molar-refractivity contribution in [2.75, 3.05) is 0 Å². The lowest BCUT2D eigenvalue weighted by Crippen LogP contribution is -2.36. The lowest BCUT2D eigenvalue weighted by Gasteiger charge is -2.14. The minimum Gasteiger partial charge on any atom is -0.481 e. The van der Waals surface area contributed by atoms with E-state index in [9.17, 15) is 9.59 Å². The molecule has 1 rings (SSSR count). The van der Waals surface area contributed by atoms with Crippen molar-refractivity contribution < 1.29 is 14.7 Å². The molecule has 1 aromatic heterocycles. The van der Waals surface area contributed by atoms with E-state index in [0.29, 0.717) is 12.0 Å². The van der Waals surface area contributed by atoms with Gasteiger partial charge in [-0.05, 0) is 18.6 Å². The summed E-state index contributed by atoms with van der Waals surface area (Å²) in [6, 6.07) is 2.84. The lowest BCUT2D eigenvalue weighted by molar-refractivity contribution is -0.137. The molecule has 1 amide bonds. The highest BCUT2D eigenvalue weighted by Gasteiger charge is 2.14. The predicted octanol–water partition coefficient (Wildman–Crippen LogP) is 1.06. The molecule has 0 aromatic carbocycles. The molecule has 0 bridgehead atoms. The van der Waals surface area contributed by atoms with Crippen molar-refractivity contribution >= 4 is 11.9 Å². The number of carbonyl (C=O) groups is 2. The number of carboxylic acid groups (broad SMARTS) is 1. The number of carboxylic acids is 1. The highest BCUT2D eigenvalue weighted by atomic mass is 16.4. The molecule has 0 spiro atoms. The quantitative estimate of drug-likeness (QED) is 0.780. The average Bonchev–Trinajstić information content (AvgIpc) is 2.28. The fourth-order valence-electron chi connectivity index (χ4n) is 1.28. The van der Waals surface area contributed by atoms with E-state index in [1.165, 1.54) is 12.4 Å². The number of nitrogens with zero attached hydrogens (tertiary/aromatic N) is 1. The summed E-state index contributed by atoms with van der Waals surface area (Å²) in [5.41, 5.74) is 0.485. The van der Waals surface area contributed by atoms with Crippen molar-refractivity contribution in [1.82, 2.24) is 10.3 Å². The van der Waals surface area contributed by atoms with E-state index in [0.717, 1.165) is 0 Å². The number of nitrogens with one attached hydrogen (secondary N) is 1. The Kier molecular flexibility index (Phi) is 4.44. The Hall–Kier alpha value is -1.91. The molecule has 1 aromatic rings. The van der Waals surface area contributed by atoms with E-state index in [4.69, 9.17) is 5.11 Å². The van der Waals surface area contributed by atoms with Crippen molar-refractivity contribution in [1.29, 1.82) is 0 Å². The number of aliphatic carboxylic acids is 1. The molecule has 2 N–H and O–H groups in total. The van der Waals surface area contributed by atoms with Gasteiger partial charge >= 0.3 is 5.97 Å². The highest BCUT2D eigenvalue weighted by Crippen LogP contribution is 2.01. The minimum absolute atomic E-state index is 0.0622. The van der Waals surface area contributed by atoms with Gasteiger partial charge in [0.05, 0.1) is 6.42 Å². The summed E-state index contributed by atoms with van der Waals surface area (Å²) in [6.45, 7) is 1.83. The van der Waals surface area contributed by atoms with Gasteiger partial charge in [-0.15, -0.1) is 0 Å². The maximum atomic E-state index is 11.7. The number of hydrogen-bond donors (Lipinski definition) is 2. The summed E-state index contributed by atoms with van der Waals surface area (Å²) >= 11 is 0. The van der Waals surface area contributed by atoms with Crippen LogP contribution in [0.2, 0.25) is 0 Å². The molecule has 0 aliphatic rings. The Bertz CT molecular complexity index is 365. The van der Waals surface area contributed by atoms with E-state index in [1.807, 2.05) is 6.92 Å². The zero-order chi connectivity index (χ0) is 12.0. The molecular formula is C11H14N2O3. The summed E-state index contributed by atoms with van der Waals surface area (Å²) in [7, 11) is 0. The maximum Gasteiger partial charge on any atom is 0.305 e. The minimum atomic E-state index is -0.915. The van der Waals surface area contributed by atoms with Crippen LogP contribution >= 0.6 is 0 Å². The smallest absolute Gasteiger partial charge is 0.305 e. The van der Waals surface area contributed by atoms with Crippen LogP contribution in [0, 0.1) is 0 Å². The lowest BCUT2D eigenvalue weighted by atomic mass is 10.1. The Morgan fingerprint density at radius 3 is 2.56 bits per heavy atom. The fraction of sp³-hybridized carbons (Fsp3) is 0.364. The highest BCUT2D eigenvalue weighted by molar-refractivity contribution is 5.94. The number of rotatable bonds is 5. The standard InChI is InChI=1S/C11H14N2O3/c1-2-9(7-10(14)15)13-11(16)8-3-5-12-6-4-8/h3-6,9H,2,7H2,1H3,(H,13,16)(H,14,15). The Morgan fingerprint density at radius 1 is 1.44 bits per heavy atom. The first kappa shape index (κ1) is 12.2. The van der Waals surface area contributed by atoms with Gasteiger partial charge in [0.15, 0.2) is 0 Å². The van der Waals surface area contributed by atoms with Crippen molar-refractivity contribution in [3.8, 4) is 0 Å². The molecular weight excluding hydrogens is 208 g/mol. The second-order valence-electron chi connectivity index (χ2n) is 3.41. The predicted molar refractivity (Wildman–Crippen MR) is 58.0 cm³/mol. The van der Waals surface area contributed by atoms with Gasteiger partial charge < -0.3 is 10.4 Å². The topological polar surface area (TPSA) is 79.3 Å². The molecule has 5 nitrogen and oxygen atoms in total. The van der Waals surface area contributed by atoms with E-state index >= 15 is 0 Å². The number of carbonyl (C=O) groups excluding carboxylic acids is 1. The van der Waals surface area contributed by atoms with Crippen molar-refractivity contribution in [2.45, 2.75) is 25.8 Å². The summed E-state index contributed by atoms with van der Waals surface area (Å²) in [5.74, 6) is -1.18. The zero-order valence-electron chi connectivity index (χ0n) is 9.01. The third-order valence-corrected chi connectivity index (χ3v) is 2.19. The molecule has 0 saturated carbocycles. The normalized spacial score (nSPS) is 11.8. The number of aromatic nitrogens is 1. The van der Waals surface area contributed by atoms with Gasteiger partial charge in [-0.3, -0.25) is 14.6 Å². The number of amides is 1. The van der Waals surface area contributed by atoms with Crippen LogP contribution in [0.25, 0.3) is 0 Å². The van der Waals surface area contributed by atoms with Gasteiger partial charge in [-0.25, -0.2) is 0 Å². The fourth-order valence-corrected chi connectivity index (χ4v) is 1.28. The van der Waals surface area contributed by atoms with Crippen LogP contribution in [0.3, 0.4) is 0 Å². The summed E-state index contributed by atoms with van der Waals surface area (Å²) in [6.07, 6.45) is 3.57. The molecule has 0 fully saturated rings. The number of pyridine rings is 1. The molecule has 16 heavy (non-hydrogen) atoms. The van der Waals surface area contributed by atoms with Crippen molar-refractivity contribution in [3.05, 3.63) is 30.1 Å². The molecule has 0 radical (unpaired) electrons. The van der Waals surface area contributed by atoms with E-state index in [1.54, 1.807) is 12.1 Å². The molecule has 1 heterocycles. The van der Waals surface area contributed by atoms with E-state index < -0.39 is 5.97 Å². The first-order valence-corrected chi connectivity index (χ1v) is 5.06. The van der Waals surface area contributed by atoms with Crippen LogP contribution in [0.5, 0.6) is 0 Å². The summed E-state index contributed by atoms with van der Waals surface area (Å²) in [5, 5.41) is 11.3. The van der Waals surface area contributed by atoms with Crippen LogP contribution in [0.4, 0.5) is 0 Å². The first-order chi connectivity index (χ1) is 7.63. The second kappa shape index (κ2) is 5.85. The molecule has 0 aliphatic heterocycles. The maximum absolute atomic E-state index is 11.7. The van der Waals surface area contributed by atoms with Crippen LogP contribution in [0.15, 0.2) is 24.5 Å². The molecule has 0 saturated heterocycles. The van der Waals surface area contributed by atoms with Crippen LogP contribution < -0.4 is 5.32 Å². The van der Waals surface area contributed by atoms with Gasteiger partial charge in [-0.2, -0.15) is 0 Å². The monoisotopic (exact) mass is 222 g/mol. The zero-order valence-corrected chi connectivity index (χ0v) is 9.01. The Labute approximate surface area is 93.5 Å². The van der Waals surface area contributed by atoms with Crippen LogP contribution in [-0.4, -0.2) is 28.0 Å². The van der Waals surface area contributed by atoms with Crippen LogP contribution in [0.1, 0.15) is 30.1 Å². The van der Waals surface area contributed by atoms with Gasteiger partial charge in [-0.1, -0.05) is 6.92 Å². The largest absolute Gasteiger partial charge is 0.481 e. The Morgan fingerprint density at radius 2 is 2.06 bits per heavy atom. The van der Waals surface area contributed by atoms with Gasteiger partial charge in [0.25, 0.3) is 5.91 Å². The van der Waals surface area contributed by atoms with Gasteiger partial charge in [0, 0.05) is 24.0 Å². The SMILES string of the molecule is CCC(CC(=O)O)NC(=O)c1ccncc1.